The summed E-state index contributed by atoms with van der Waals surface area (Å²) in [5.41, 5.74) is 8.32. The number of nitrogens with zero attached hydrogens (tertiary/aromatic N) is 2. The van der Waals surface area contributed by atoms with Gasteiger partial charge in [-0.15, -0.1) is 4.79 Å². The largest absolute Gasteiger partial charge is 0.493 e. The molecule has 0 spiro atoms. The van der Waals surface area contributed by atoms with Crippen molar-refractivity contribution in [1.29, 1.82) is 0 Å². The monoisotopic (exact) mass is 226 g/mol. The molecule has 15 heavy (non-hydrogen) atoms. The second kappa shape index (κ2) is 4.04. The van der Waals surface area contributed by atoms with Crippen LogP contribution in [-0.2, 0) is 14.6 Å². The number of aliphatic carboxylic acids is 1. The molecule has 1 N–H and O–H groups in total. The molecule has 1 rings (SSSR count). The first-order chi connectivity index (χ1) is 7.00. The van der Waals surface area contributed by atoms with Crippen molar-refractivity contribution in [3.63, 3.8) is 0 Å². The number of benzene rings is 1. The van der Waals surface area contributed by atoms with E-state index in [1.54, 1.807) is 6.07 Å². The zero-order valence-electron chi connectivity index (χ0n) is 7.36. The predicted molar refractivity (Wildman–Crippen MR) is 49.9 cm³/mol. The zero-order chi connectivity index (χ0) is 11.5. The van der Waals surface area contributed by atoms with Crippen LogP contribution in [0.5, 0.6) is 0 Å². The Bertz CT molecular complexity index is 529. The lowest BCUT2D eigenvalue weighted by Crippen LogP contribution is -2.25. The predicted octanol–water partition coefficient (Wildman–Crippen LogP) is 0.173. The van der Waals surface area contributed by atoms with Crippen LogP contribution in [0.4, 0.5) is 0 Å². The first-order valence-electron chi connectivity index (χ1n) is 3.75. The van der Waals surface area contributed by atoms with E-state index >= 15 is 0 Å². The van der Waals surface area contributed by atoms with Gasteiger partial charge in [0.2, 0.25) is 0 Å². The molecular formula is C8H6N2O4S. The van der Waals surface area contributed by atoms with E-state index in [0.717, 1.165) is 0 Å². The number of rotatable bonds is 1. The third-order valence-electron chi connectivity index (χ3n) is 1.58. The average Bonchev–Trinajstić information content (AvgIpc) is 2.19. The molecule has 0 saturated heterocycles. The van der Waals surface area contributed by atoms with Crippen molar-refractivity contribution in [3.8, 4) is 0 Å². The van der Waals surface area contributed by atoms with E-state index in [9.17, 15) is 13.2 Å². The summed E-state index contributed by atoms with van der Waals surface area (Å²) in [7, 11) is -4.25. The van der Waals surface area contributed by atoms with Crippen molar-refractivity contribution in [3.05, 3.63) is 35.9 Å². The van der Waals surface area contributed by atoms with Gasteiger partial charge in [0, 0.05) is 0 Å². The molecule has 1 aromatic rings. The van der Waals surface area contributed by atoms with Crippen molar-refractivity contribution in [2.45, 2.75) is 4.90 Å². The van der Waals surface area contributed by atoms with Crippen LogP contribution >= 0.6 is 0 Å². The fraction of sp³-hybridized carbons (Fsp3) is 0. The summed E-state index contributed by atoms with van der Waals surface area (Å²) < 4.78 is 23.1. The lowest BCUT2D eigenvalue weighted by molar-refractivity contribution is -0.133. The number of carboxylic acids is 1. The second-order valence-corrected chi connectivity index (χ2v) is 4.39. The maximum absolute atomic E-state index is 11.5. The standard InChI is InChI=1S/C8H6N2O4S/c9-10-7(8(11)12)15(13,14)6-4-2-1-3-5-6/h1-5H,(H,11,12). The van der Waals surface area contributed by atoms with Gasteiger partial charge in [0.05, 0.1) is 4.90 Å². The Morgan fingerprint density at radius 3 is 2.20 bits per heavy atom. The molecule has 0 fully saturated rings. The summed E-state index contributed by atoms with van der Waals surface area (Å²) in [5.74, 6) is -1.80. The van der Waals surface area contributed by atoms with Crippen molar-refractivity contribution in [1.82, 2.24) is 0 Å². The SMILES string of the molecule is [N-]=[N+]=C(C(=O)O)S(=O)(=O)c1ccccc1. The van der Waals surface area contributed by atoms with Gasteiger partial charge < -0.3 is 10.6 Å². The van der Waals surface area contributed by atoms with Gasteiger partial charge in [-0.05, 0) is 12.1 Å². The molecule has 6 nitrogen and oxygen atoms in total. The van der Waals surface area contributed by atoms with E-state index in [4.69, 9.17) is 10.6 Å². The van der Waals surface area contributed by atoms with E-state index in [2.05, 4.69) is 4.79 Å². The van der Waals surface area contributed by atoms with Gasteiger partial charge in [0.25, 0.3) is 9.84 Å². The highest BCUT2D eigenvalue weighted by atomic mass is 32.2. The highest BCUT2D eigenvalue weighted by molar-refractivity contribution is 8.08. The van der Waals surface area contributed by atoms with Crippen LogP contribution in [0.15, 0.2) is 35.2 Å². The third kappa shape index (κ3) is 2.09. The fourth-order valence-electron chi connectivity index (χ4n) is 0.923. The van der Waals surface area contributed by atoms with Crippen LogP contribution in [0.25, 0.3) is 5.53 Å². The van der Waals surface area contributed by atoms with Crippen molar-refractivity contribution < 1.29 is 23.1 Å². The van der Waals surface area contributed by atoms with E-state index < -0.39 is 20.9 Å². The molecule has 0 aliphatic rings. The Labute approximate surface area is 85.3 Å². The van der Waals surface area contributed by atoms with Crippen molar-refractivity contribution in [2.24, 2.45) is 0 Å². The first-order valence-corrected chi connectivity index (χ1v) is 5.24. The summed E-state index contributed by atoms with van der Waals surface area (Å²) in [6, 6.07) is 6.87. The van der Waals surface area contributed by atoms with Crippen molar-refractivity contribution >= 4 is 20.9 Å². The van der Waals surface area contributed by atoms with E-state index in [0.29, 0.717) is 0 Å². The van der Waals surface area contributed by atoms with Gasteiger partial charge in [-0.1, -0.05) is 18.2 Å². The number of sulfone groups is 1. The molecule has 0 saturated carbocycles. The summed E-state index contributed by atoms with van der Waals surface area (Å²) in [6.07, 6.45) is 0. The highest BCUT2D eigenvalue weighted by Crippen LogP contribution is 2.10. The Hall–Kier alpha value is -1.98. The van der Waals surface area contributed by atoms with Gasteiger partial charge in [-0.3, -0.25) is 0 Å². The lowest BCUT2D eigenvalue weighted by Gasteiger charge is -1.95. The Morgan fingerprint density at radius 2 is 1.80 bits per heavy atom. The zero-order valence-corrected chi connectivity index (χ0v) is 8.18. The summed E-state index contributed by atoms with van der Waals surface area (Å²) in [4.78, 5) is 12.5. The Morgan fingerprint density at radius 1 is 1.27 bits per heavy atom. The number of hydrogen-bond acceptors (Lipinski definition) is 3. The van der Waals surface area contributed by atoms with Crippen LogP contribution in [0.1, 0.15) is 0 Å². The molecular weight excluding hydrogens is 220 g/mol. The molecule has 0 aliphatic carbocycles. The lowest BCUT2D eigenvalue weighted by atomic mass is 10.4. The molecule has 1 aromatic carbocycles. The highest BCUT2D eigenvalue weighted by Gasteiger charge is 2.37. The molecule has 0 heterocycles. The maximum atomic E-state index is 11.5. The van der Waals surface area contributed by atoms with Crippen LogP contribution in [-0.4, -0.2) is 29.3 Å². The minimum absolute atomic E-state index is 0.236. The summed E-state index contributed by atoms with van der Waals surface area (Å²) in [6.45, 7) is 0. The molecule has 0 bridgehead atoms. The van der Waals surface area contributed by atoms with Gasteiger partial charge in [0.1, 0.15) is 0 Å². The smallest absolute Gasteiger partial charge is 0.472 e. The van der Waals surface area contributed by atoms with Crippen molar-refractivity contribution in [2.75, 3.05) is 0 Å². The molecule has 0 aromatic heterocycles. The Kier molecular flexibility index (Phi) is 2.99. The summed E-state index contributed by atoms with van der Waals surface area (Å²) >= 11 is 0. The molecule has 78 valence electrons. The van der Waals surface area contributed by atoms with Gasteiger partial charge >= 0.3 is 11.0 Å². The first kappa shape index (κ1) is 11.1. The van der Waals surface area contributed by atoms with Crippen LogP contribution in [0, 0.1) is 0 Å². The molecule has 0 radical (unpaired) electrons. The summed E-state index contributed by atoms with van der Waals surface area (Å²) in [5, 5.41) is 7.20. The number of carbonyl (C=O) groups is 1. The number of carboxylic acid groups (broad SMARTS) is 1. The minimum atomic E-state index is -4.25. The molecule has 0 atom stereocenters. The van der Waals surface area contributed by atoms with Crippen LogP contribution in [0.2, 0.25) is 0 Å². The van der Waals surface area contributed by atoms with E-state index in [1.807, 2.05) is 0 Å². The van der Waals surface area contributed by atoms with Crippen LogP contribution in [0.3, 0.4) is 0 Å². The number of hydrogen-bond donors (Lipinski definition) is 1. The molecule has 7 heteroatoms. The molecule has 0 amide bonds. The topological polar surface area (TPSA) is 108 Å². The average molecular weight is 226 g/mol. The third-order valence-corrected chi connectivity index (χ3v) is 3.24. The van der Waals surface area contributed by atoms with E-state index in [1.165, 1.54) is 24.3 Å². The fourth-order valence-corrected chi connectivity index (χ4v) is 2.00. The molecule has 0 aliphatic heterocycles. The van der Waals surface area contributed by atoms with Gasteiger partial charge in [-0.2, -0.15) is 0 Å². The Balaban J connectivity index is 3.39. The maximum Gasteiger partial charge on any atom is 0.493 e. The van der Waals surface area contributed by atoms with Crippen LogP contribution < -0.4 is 0 Å². The second-order valence-electron chi connectivity index (χ2n) is 2.53. The van der Waals surface area contributed by atoms with E-state index in [-0.39, 0.29) is 4.90 Å². The minimum Gasteiger partial charge on any atom is -0.472 e. The van der Waals surface area contributed by atoms with Gasteiger partial charge in [0.15, 0.2) is 0 Å². The normalized spacial score (nSPS) is 10.4. The van der Waals surface area contributed by atoms with Gasteiger partial charge in [-0.25, -0.2) is 13.2 Å². The quantitative estimate of drug-likeness (QED) is 0.318. The molecule has 0 unspecified atom stereocenters.